The quantitative estimate of drug-likeness (QED) is 0.257. The van der Waals surface area contributed by atoms with E-state index in [0.29, 0.717) is 45.2 Å². The summed E-state index contributed by atoms with van der Waals surface area (Å²) in [6.45, 7) is 7.36. The van der Waals surface area contributed by atoms with E-state index in [1.807, 2.05) is 20.8 Å². The molecule has 1 rings (SSSR count). The number of rotatable bonds is 15. The van der Waals surface area contributed by atoms with Gasteiger partial charge in [0.25, 0.3) is 0 Å². The lowest BCUT2D eigenvalue weighted by atomic mass is 9.79. The van der Waals surface area contributed by atoms with E-state index in [4.69, 9.17) is 4.74 Å². The number of ether oxygens (including phenoxy) is 1. The number of nitrogens with one attached hydrogen (secondary N) is 2. The molecule has 0 radical (unpaired) electrons. The molecule has 0 aliphatic heterocycles. The van der Waals surface area contributed by atoms with Gasteiger partial charge in [0.2, 0.25) is 11.8 Å². The average Bonchev–Trinajstić information content (AvgIpc) is 2.77. The Bertz CT molecular complexity index is 620. The molecule has 1 aliphatic rings. The lowest BCUT2D eigenvalue weighted by Crippen LogP contribution is -2.37. The summed E-state index contributed by atoms with van der Waals surface area (Å²) in [6.07, 6.45) is 7.85. The van der Waals surface area contributed by atoms with E-state index in [1.54, 1.807) is 0 Å². The lowest BCUT2D eigenvalue weighted by molar-refractivity contribution is -0.159. The van der Waals surface area contributed by atoms with Crippen molar-refractivity contribution in [3.05, 3.63) is 0 Å². The maximum absolute atomic E-state index is 12.2. The molecule has 0 aromatic carbocycles. The first-order valence-electron chi connectivity index (χ1n) is 12.1. The number of unbranched alkanes of at least 4 members (excludes halogenated alkanes) is 3. The number of carbonyl (C=O) groups excluding carboxylic acids is 3. The molecule has 1 fully saturated rings. The third kappa shape index (κ3) is 10.5. The van der Waals surface area contributed by atoms with Crippen molar-refractivity contribution in [3.8, 4) is 0 Å². The summed E-state index contributed by atoms with van der Waals surface area (Å²) < 4.78 is 5.26. The molecular weight excluding hydrogens is 412 g/mol. The van der Waals surface area contributed by atoms with E-state index in [0.717, 1.165) is 38.5 Å². The number of esters is 1. The van der Waals surface area contributed by atoms with E-state index >= 15 is 0 Å². The fraction of sp³-hybridized carbons (Fsp3) is 0.833. The van der Waals surface area contributed by atoms with Gasteiger partial charge in [-0.05, 0) is 51.4 Å². The molecule has 0 aromatic heterocycles. The monoisotopic (exact) mass is 454 g/mol. The second kappa shape index (κ2) is 14.9. The van der Waals surface area contributed by atoms with Crippen molar-refractivity contribution in [1.82, 2.24) is 10.6 Å². The van der Waals surface area contributed by atoms with Gasteiger partial charge in [-0.3, -0.25) is 19.2 Å². The van der Waals surface area contributed by atoms with Crippen LogP contribution in [0.2, 0.25) is 0 Å². The number of aliphatic carboxylic acids is 1. The Morgan fingerprint density at radius 1 is 0.906 bits per heavy atom. The zero-order chi connectivity index (χ0) is 24.0. The molecule has 8 heteroatoms. The molecule has 184 valence electrons. The summed E-state index contributed by atoms with van der Waals surface area (Å²) in [4.78, 5) is 47.3. The van der Waals surface area contributed by atoms with Crippen LogP contribution >= 0.6 is 0 Å². The predicted molar refractivity (Wildman–Crippen MR) is 122 cm³/mol. The van der Waals surface area contributed by atoms with Crippen LogP contribution in [0.3, 0.4) is 0 Å². The van der Waals surface area contributed by atoms with Crippen molar-refractivity contribution in [2.75, 3.05) is 19.7 Å². The van der Waals surface area contributed by atoms with Crippen LogP contribution < -0.4 is 10.6 Å². The summed E-state index contributed by atoms with van der Waals surface area (Å²) in [5.74, 6) is -2.46. The Balaban J connectivity index is 2.02. The van der Waals surface area contributed by atoms with Gasteiger partial charge in [0.1, 0.15) is 0 Å². The Morgan fingerprint density at radius 3 is 2.16 bits per heavy atom. The highest BCUT2D eigenvalue weighted by atomic mass is 16.5. The van der Waals surface area contributed by atoms with Gasteiger partial charge in [-0.1, -0.05) is 33.6 Å². The van der Waals surface area contributed by atoms with Gasteiger partial charge in [-0.25, -0.2) is 0 Å². The van der Waals surface area contributed by atoms with Crippen LogP contribution in [0.25, 0.3) is 0 Å². The van der Waals surface area contributed by atoms with Crippen molar-refractivity contribution in [1.29, 1.82) is 0 Å². The molecule has 2 amide bonds. The Morgan fingerprint density at radius 2 is 1.53 bits per heavy atom. The average molecular weight is 455 g/mol. The molecular formula is C24H42N2O6. The van der Waals surface area contributed by atoms with Crippen LogP contribution in [0.1, 0.15) is 91.4 Å². The maximum Gasteiger partial charge on any atom is 0.309 e. The van der Waals surface area contributed by atoms with Crippen molar-refractivity contribution in [3.63, 3.8) is 0 Å². The van der Waals surface area contributed by atoms with Gasteiger partial charge in [0, 0.05) is 24.9 Å². The van der Waals surface area contributed by atoms with Gasteiger partial charge in [0.05, 0.1) is 18.4 Å². The first kappa shape index (κ1) is 27.9. The zero-order valence-corrected chi connectivity index (χ0v) is 20.0. The summed E-state index contributed by atoms with van der Waals surface area (Å²) in [5.41, 5.74) is -0.330. The molecule has 3 N–H and O–H groups in total. The molecule has 0 aromatic rings. The highest BCUT2D eigenvalue weighted by Gasteiger charge is 2.36. The third-order valence-corrected chi connectivity index (χ3v) is 6.39. The number of hydrogen-bond acceptors (Lipinski definition) is 5. The van der Waals surface area contributed by atoms with Crippen molar-refractivity contribution in [2.45, 2.75) is 91.4 Å². The number of hydrogen-bond donors (Lipinski definition) is 3. The Hall–Kier alpha value is -2.12. The first-order chi connectivity index (χ1) is 15.2. The van der Waals surface area contributed by atoms with Crippen LogP contribution in [0.4, 0.5) is 0 Å². The van der Waals surface area contributed by atoms with Crippen molar-refractivity contribution in [2.24, 2.45) is 17.3 Å². The topological polar surface area (TPSA) is 122 Å². The van der Waals surface area contributed by atoms with E-state index in [9.17, 15) is 24.3 Å². The van der Waals surface area contributed by atoms with Gasteiger partial charge >= 0.3 is 11.9 Å². The second-order valence-corrected chi connectivity index (χ2v) is 9.36. The largest absolute Gasteiger partial charge is 0.481 e. The lowest BCUT2D eigenvalue weighted by Gasteiger charge is -2.26. The second-order valence-electron chi connectivity index (χ2n) is 9.36. The van der Waals surface area contributed by atoms with E-state index in [1.165, 1.54) is 0 Å². The van der Waals surface area contributed by atoms with E-state index in [-0.39, 0.29) is 23.8 Å². The van der Waals surface area contributed by atoms with Gasteiger partial charge < -0.3 is 20.5 Å². The molecule has 0 heterocycles. The minimum atomic E-state index is -0.923. The van der Waals surface area contributed by atoms with Crippen molar-refractivity contribution < 1.29 is 29.0 Å². The SMILES string of the molecule is CCC(C)(C)C(=O)NCCCCCNC(=O)CCCCOC(=O)C1CCCCC1C(=O)O. The van der Waals surface area contributed by atoms with E-state index in [2.05, 4.69) is 10.6 Å². The zero-order valence-electron chi connectivity index (χ0n) is 20.0. The van der Waals surface area contributed by atoms with Crippen LogP contribution in [0.15, 0.2) is 0 Å². The van der Waals surface area contributed by atoms with Gasteiger partial charge in [0.15, 0.2) is 0 Å². The molecule has 1 saturated carbocycles. The summed E-state index contributed by atoms with van der Waals surface area (Å²) in [5, 5.41) is 15.1. The summed E-state index contributed by atoms with van der Waals surface area (Å²) >= 11 is 0. The van der Waals surface area contributed by atoms with Crippen molar-refractivity contribution >= 4 is 23.8 Å². The fourth-order valence-electron chi connectivity index (χ4n) is 3.72. The smallest absolute Gasteiger partial charge is 0.309 e. The standard InChI is InChI=1S/C24H42N2O6/c1-4-24(2,3)23(31)26-16-10-5-9-15-25-20(27)14-8-11-17-32-22(30)19-13-7-6-12-18(19)21(28)29/h18-19H,4-17H2,1-3H3,(H,25,27)(H,26,31)(H,28,29). The number of carbonyl (C=O) groups is 4. The van der Waals surface area contributed by atoms with E-state index < -0.39 is 23.8 Å². The summed E-state index contributed by atoms with van der Waals surface area (Å²) in [7, 11) is 0. The molecule has 0 saturated heterocycles. The molecule has 8 nitrogen and oxygen atoms in total. The van der Waals surface area contributed by atoms with Gasteiger partial charge in [-0.15, -0.1) is 0 Å². The molecule has 32 heavy (non-hydrogen) atoms. The molecule has 2 atom stereocenters. The minimum absolute atomic E-state index is 0.0208. The highest BCUT2D eigenvalue weighted by Crippen LogP contribution is 2.31. The number of carboxylic acid groups (broad SMARTS) is 1. The van der Waals surface area contributed by atoms with Crippen LogP contribution in [0, 0.1) is 17.3 Å². The normalized spacial score (nSPS) is 18.6. The van der Waals surface area contributed by atoms with Crippen LogP contribution in [0.5, 0.6) is 0 Å². The Kier molecular flexibility index (Phi) is 13.0. The molecule has 0 spiro atoms. The highest BCUT2D eigenvalue weighted by molar-refractivity contribution is 5.82. The van der Waals surface area contributed by atoms with Crippen LogP contribution in [-0.4, -0.2) is 48.6 Å². The fourth-order valence-corrected chi connectivity index (χ4v) is 3.72. The van der Waals surface area contributed by atoms with Crippen LogP contribution in [-0.2, 0) is 23.9 Å². The maximum atomic E-state index is 12.2. The third-order valence-electron chi connectivity index (χ3n) is 6.39. The van der Waals surface area contributed by atoms with Gasteiger partial charge in [-0.2, -0.15) is 0 Å². The summed E-state index contributed by atoms with van der Waals surface area (Å²) in [6, 6.07) is 0. The first-order valence-corrected chi connectivity index (χ1v) is 12.1. The molecule has 1 aliphatic carbocycles. The predicted octanol–water partition coefficient (Wildman–Crippen LogP) is 3.43. The Labute approximate surface area is 192 Å². The minimum Gasteiger partial charge on any atom is -0.481 e. The molecule has 0 bridgehead atoms. The number of carboxylic acids is 1. The number of amides is 2. The molecule has 2 unspecified atom stereocenters.